The molecular formula is C28H40FN3O5S. The van der Waals surface area contributed by atoms with Crippen molar-refractivity contribution in [2.24, 2.45) is 0 Å². The molecule has 1 aromatic heterocycles. The van der Waals surface area contributed by atoms with Crippen LogP contribution in [0.25, 0.3) is 17.3 Å². The molecule has 1 aliphatic heterocycles. The molecule has 10 heteroatoms. The highest BCUT2D eigenvalue weighted by atomic mass is 32.2. The monoisotopic (exact) mass is 549 g/mol. The second-order valence-corrected chi connectivity index (χ2v) is 13.4. The van der Waals surface area contributed by atoms with Crippen LogP contribution >= 0.6 is 0 Å². The van der Waals surface area contributed by atoms with Crippen LogP contribution in [0.15, 0.2) is 30.3 Å². The Labute approximate surface area is 226 Å². The first-order valence-electron chi connectivity index (χ1n) is 12.7. The normalized spacial score (nSPS) is 20.3. The minimum atomic E-state index is -3.60. The fourth-order valence-corrected chi connectivity index (χ4v) is 4.49. The van der Waals surface area contributed by atoms with Crippen LogP contribution in [0.2, 0.25) is 0 Å². The molecular weight excluding hydrogens is 509 g/mol. The quantitative estimate of drug-likeness (QED) is 0.427. The van der Waals surface area contributed by atoms with Crippen molar-refractivity contribution < 1.29 is 27.0 Å². The minimum Gasteiger partial charge on any atom is -0.373 e. The highest BCUT2D eigenvalue weighted by Crippen LogP contribution is 2.33. The first kappa shape index (κ1) is 30.1. The molecule has 0 unspecified atom stereocenters. The van der Waals surface area contributed by atoms with Gasteiger partial charge in [-0.3, -0.25) is 0 Å². The summed E-state index contributed by atoms with van der Waals surface area (Å²) in [6.45, 7) is 14.2. The summed E-state index contributed by atoms with van der Waals surface area (Å²) in [4.78, 5) is 9.25. The van der Waals surface area contributed by atoms with E-state index in [1.807, 2.05) is 60.6 Å². The van der Waals surface area contributed by atoms with E-state index in [1.54, 1.807) is 12.1 Å². The lowest BCUT2D eigenvalue weighted by Crippen LogP contribution is -2.46. The molecule has 0 spiro atoms. The average Bonchev–Trinajstić information content (AvgIpc) is 2.79. The first-order chi connectivity index (χ1) is 17.4. The van der Waals surface area contributed by atoms with E-state index in [1.165, 1.54) is 19.2 Å². The van der Waals surface area contributed by atoms with Gasteiger partial charge in [-0.1, -0.05) is 26.0 Å². The van der Waals surface area contributed by atoms with E-state index in [2.05, 4.69) is 9.97 Å². The Morgan fingerprint density at radius 3 is 2.37 bits per heavy atom. The Balaban J connectivity index is 2.07. The van der Waals surface area contributed by atoms with Gasteiger partial charge in [0.2, 0.25) is 16.0 Å². The van der Waals surface area contributed by atoms with Crippen molar-refractivity contribution in [3.05, 3.63) is 47.4 Å². The summed E-state index contributed by atoms with van der Waals surface area (Å²) in [5.41, 5.74) is 2.24. The Bertz CT molecular complexity index is 1250. The molecule has 0 bridgehead atoms. The van der Waals surface area contributed by atoms with Crippen molar-refractivity contribution in [2.75, 3.05) is 24.2 Å². The number of ether oxygens (including phenoxy) is 3. The number of aromatic nitrogens is 2. The van der Waals surface area contributed by atoms with Crippen molar-refractivity contribution in [2.45, 2.75) is 84.4 Å². The molecule has 2 aromatic rings. The predicted molar refractivity (Wildman–Crippen MR) is 148 cm³/mol. The third-order valence-corrected chi connectivity index (χ3v) is 7.13. The van der Waals surface area contributed by atoms with E-state index in [-0.39, 0.29) is 35.5 Å². The number of benzene rings is 1. The third kappa shape index (κ3) is 8.05. The Kier molecular flexibility index (Phi) is 9.02. The number of rotatable bonds is 8. The summed E-state index contributed by atoms with van der Waals surface area (Å²) < 4.78 is 57.6. The zero-order chi connectivity index (χ0) is 28.5. The van der Waals surface area contributed by atoms with Crippen LogP contribution in [0.1, 0.15) is 72.1 Å². The van der Waals surface area contributed by atoms with Gasteiger partial charge in [0.1, 0.15) is 5.82 Å². The molecule has 1 aromatic carbocycles. The average molecular weight is 550 g/mol. The molecule has 8 nitrogen and oxygen atoms in total. The van der Waals surface area contributed by atoms with E-state index in [9.17, 15) is 12.8 Å². The molecule has 1 saturated heterocycles. The van der Waals surface area contributed by atoms with E-state index in [0.29, 0.717) is 35.5 Å². The van der Waals surface area contributed by atoms with Gasteiger partial charge in [-0.15, -0.1) is 0 Å². The summed E-state index contributed by atoms with van der Waals surface area (Å²) in [6, 6.07) is 5.95. The van der Waals surface area contributed by atoms with Crippen LogP contribution in [0.4, 0.5) is 10.3 Å². The number of hydrogen-bond donors (Lipinski definition) is 0. The number of halogens is 1. The molecule has 1 fully saturated rings. The molecule has 38 heavy (non-hydrogen) atoms. The van der Waals surface area contributed by atoms with Crippen molar-refractivity contribution in [1.82, 2.24) is 9.97 Å². The van der Waals surface area contributed by atoms with E-state index in [0.717, 1.165) is 10.6 Å². The SMILES string of the molecule is CC(C)c1nc(N(C)S(C)(=O)=O)nc(-c2ccc(F)cc2)c1C=C[C@@H]1C[C@H](COC(C)(C)C)OC(C)(C)O1. The second-order valence-electron chi connectivity index (χ2n) is 11.4. The Hall–Kier alpha value is -2.40. The molecule has 0 N–H and O–H groups in total. The highest BCUT2D eigenvalue weighted by molar-refractivity contribution is 7.92. The van der Waals surface area contributed by atoms with Gasteiger partial charge in [0.05, 0.1) is 42.1 Å². The lowest BCUT2D eigenvalue weighted by molar-refractivity contribution is -0.299. The molecule has 0 saturated carbocycles. The molecule has 0 amide bonds. The van der Waals surface area contributed by atoms with Gasteiger partial charge in [-0.2, -0.15) is 0 Å². The molecule has 2 heterocycles. The predicted octanol–water partition coefficient (Wildman–Crippen LogP) is 5.54. The molecule has 0 aliphatic carbocycles. The number of nitrogens with zero attached hydrogens (tertiary/aromatic N) is 3. The standard InChI is InChI=1S/C28H40FN3O5S/c1-18(2)24-23(15-14-21-16-22(17-35-27(3,4)5)37-28(6,7)36-21)25(19-10-12-20(29)13-11-19)31-26(30-24)32(8)38(9,33)34/h10-15,18,21-22H,16-17H2,1-9H3/t21-,22-/m1/s1. The largest absolute Gasteiger partial charge is 0.373 e. The summed E-state index contributed by atoms with van der Waals surface area (Å²) in [7, 11) is -2.18. The van der Waals surface area contributed by atoms with Crippen LogP contribution in [0, 0.1) is 5.82 Å². The summed E-state index contributed by atoms with van der Waals surface area (Å²) in [5, 5.41) is 0. The van der Waals surface area contributed by atoms with Gasteiger partial charge >= 0.3 is 0 Å². The number of anilines is 1. The maximum Gasteiger partial charge on any atom is 0.239 e. The number of sulfonamides is 1. The van der Waals surface area contributed by atoms with Gasteiger partial charge in [-0.25, -0.2) is 27.1 Å². The van der Waals surface area contributed by atoms with E-state index < -0.39 is 15.8 Å². The van der Waals surface area contributed by atoms with Gasteiger partial charge in [-0.05, 0) is 64.8 Å². The van der Waals surface area contributed by atoms with Crippen LogP contribution in [0.5, 0.6) is 0 Å². The van der Waals surface area contributed by atoms with Crippen molar-refractivity contribution in [3.63, 3.8) is 0 Å². The zero-order valence-corrected chi connectivity index (χ0v) is 24.6. The third-order valence-electron chi connectivity index (χ3n) is 5.97. The van der Waals surface area contributed by atoms with Crippen LogP contribution in [-0.2, 0) is 24.2 Å². The molecule has 3 rings (SSSR count). The fourth-order valence-electron chi connectivity index (χ4n) is 4.11. The van der Waals surface area contributed by atoms with Gasteiger partial charge in [0.15, 0.2) is 5.79 Å². The molecule has 2 atom stereocenters. The lowest BCUT2D eigenvalue weighted by Gasteiger charge is -2.40. The Morgan fingerprint density at radius 1 is 1.18 bits per heavy atom. The minimum absolute atomic E-state index is 0.0514. The fraction of sp³-hybridized carbons (Fsp3) is 0.571. The molecule has 1 aliphatic rings. The number of hydrogen-bond acceptors (Lipinski definition) is 7. The van der Waals surface area contributed by atoms with Crippen LogP contribution in [-0.4, -0.2) is 61.9 Å². The van der Waals surface area contributed by atoms with Gasteiger partial charge < -0.3 is 14.2 Å². The highest BCUT2D eigenvalue weighted by Gasteiger charge is 2.35. The summed E-state index contributed by atoms with van der Waals surface area (Å²) >= 11 is 0. The van der Waals surface area contributed by atoms with Crippen molar-refractivity contribution >= 4 is 22.0 Å². The Morgan fingerprint density at radius 2 is 1.82 bits per heavy atom. The maximum absolute atomic E-state index is 13.7. The van der Waals surface area contributed by atoms with E-state index in [4.69, 9.17) is 14.2 Å². The maximum atomic E-state index is 13.7. The molecule has 210 valence electrons. The second kappa shape index (κ2) is 11.4. The van der Waals surface area contributed by atoms with Gasteiger partial charge in [0.25, 0.3) is 0 Å². The lowest BCUT2D eigenvalue weighted by atomic mass is 9.97. The van der Waals surface area contributed by atoms with Gasteiger partial charge in [0, 0.05) is 24.6 Å². The summed E-state index contributed by atoms with van der Waals surface area (Å²) in [6.07, 6.45) is 5.12. The van der Waals surface area contributed by atoms with Crippen LogP contribution in [0.3, 0.4) is 0 Å². The smallest absolute Gasteiger partial charge is 0.239 e. The first-order valence-corrected chi connectivity index (χ1v) is 14.6. The van der Waals surface area contributed by atoms with Crippen LogP contribution < -0.4 is 4.31 Å². The van der Waals surface area contributed by atoms with E-state index >= 15 is 0 Å². The van der Waals surface area contributed by atoms with Crippen molar-refractivity contribution in [3.8, 4) is 11.3 Å². The summed E-state index contributed by atoms with van der Waals surface area (Å²) in [5.74, 6) is -1.18. The van der Waals surface area contributed by atoms with Crippen molar-refractivity contribution in [1.29, 1.82) is 0 Å². The topological polar surface area (TPSA) is 90.9 Å². The molecule has 0 radical (unpaired) electrons. The zero-order valence-electron chi connectivity index (χ0n) is 23.8.